The maximum Gasteiger partial charge on any atom is 0.293 e. The molecule has 2 amide bonds. The van der Waals surface area contributed by atoms with E-state index >= 15 is 0 Å². The van der Waals surface area contributed by atoms with E-state index in [0.717, 1.165) is 16.7 Å². The van der Waals surface area contributed by atoms with E-state index in [2.05, 4.69) is 5.92 Å². The number of ether oxygens (including phenoxy) is 2. The van der Waals surface area contributed by atoms with Crippen LogP contribution in [0.25, 0.3) is 6.08 Å². The predicted octanol–water partition coefficient (Wildman–Crippen LogP) is 4.93. The Hall–Kier alpha value is -2.92. The van der Waals surface area contributed by atoms with E-state index in [1.807, 2.05) is 0 Å². The molecule has 1 aliphatic rings. The molecule has 0 aromatic heterocycles. The Morgan fingerprint density at radius 2 is 1.94 bits per heavy atom. The van der Waals surface area contributed by atoms with Gasteiger partial charge in [-0.3, -0.25) is 19.3 Å². The molecule has 3 rings (SSSR count). The van der Waals surface area contributed by atoms with Crippen LogP contribution < -0.4 is 9.47 Å². The number of methoxy groups -OCH3 is 1. The zero-order valence-corrected chi connectivity index (χ0v) is 18.5. The van der Waals surface area contributed by atoms with E-state index < -0.39 is 11.1 Å². The van der Waals surface area contributed by atoms with Gasteiger partial charge >= 0.3 is 0 Å². The first kappa shape index (κ1) is 22.8. The Morgan fingerprint density at radius 1 is 1.23 bits per heavy atom. The van der Waals surface area contributed by atoms with Crippen molar-refractivity contribution >= 4 is 58.0 Å². The fourth-order valence-corrected chi connectivity index (χ4v) is 3.97. The lowest BCUT2D eigenvalue weighted by atomic mass is 10.1. The van der Waals surface area contributed by atoms with E-state index in [1.54, 1.807) is 24.3 Å². The normalized spacial score (nSPS) is 14.6. The lowest BCUT2D eigenvalue weighted by Gasteiger charge is -2.12. The molecule has 0 saturated carbocycles. The van der Waals surface area contributed by atoms with E-state index in [4.69, 9.17) is 39.1 Å². The second-order valence-electron chi connectivity index (χ2n) is 6.22. The number of Topliss-reactive ketones (excluding diaryl/α,β-unsaturated/α-hetero) is 1. The molecule has 31 heavy (non-hydrogen) atoms. The van der Waals surface area contributed by atoms with Crippen LogP contribution >= 0.6 is 35.0 Å². The minimum Gasteiger partial charge on any atom is -0.493 e. The van der Waals surface area contributed by atoms with Gasteiger partial charge in [-0.1, -0.05) is 29.1 Å². The van der Waals surface area contributed by atoms with Gasteiger partial charge in [-0.15, -0.1) is 6.42 Å². The van der Waals surface area contributed by atoms with Gasteiger partial charge in [0.1, 0.15) is 6.61 Å². The molecule has 0 bridgehead atoms. The Labute approximate surface area is 193 Å². The number of rotatable bonds is 7. The van der Waals surface area contributed by atoms with Gasteiger partial charge in [0, 0.05) is 10.6 Å². The third-order valence-electron chi connectivity index (χ3n) is 4.19. The number of carbonyl (C=O) groups is 3. The standard InChI is InChI=1S/C22H15Cl2NO5S/c1-3-8-30-20-16(24)9-13(10-18(20)29-2)11-19-21(27)25(22(28)31-19)12-17(26)14-4-6-15(23)7-5-14/h1,4-7,9-11H,8,12H2,2H3. The highest BCUT2D eigenvalue weighted by molar-refractivity contribution is 8.18. The highest BCUT2D eigenvalue weighted by Crippen LogP contribution is 2.39. The zero-order chi connectivity index (χ0) is 22.5. The lowest BCUT2D eigenvalue weighted by Crippen LogP contribution is -2.33. The maximum atomic E-state index is 12.7. The second kappa shape index (κ2) is 9.92. The van der Waals surface area contributed by atoms with Crippen molar-refractivity contribution in [2.75, 3.05) is 20.3 Å². The van der Waals surface area contributed by atoms with Crippen LogP contribution in [0.1, 0.15) is 15.9 Å². The number of benzene rings is 2. The molecule has 1 saturated heterocycles. The van der Waals surface area contributed by atoms with Crippen molar-refractivity contribution in [3.63, 3.8) is 0 Å². The van der Waals surface area contributed by atoms with Crippen LogP contribution in [0.15, 0.2) is 41.3 Å². The van der Waals surface area contributed by atoms with Crippen molar-refractivity contribution in [2.45, 2.75) is 0 Å². The first-order valence-corrected chi connectivity index (χ1v) is 10.4. The largest absolute Gasteiger partial charge is 0.493 e. The van der Waals surface area contributed by atoms with Crippen LogP contribution in [-0.4, -0.2) is 42.1 Å². The average molecular weight is 476 g/mol. The van der Waals surface area contributed by atoms with Crippen LogP contribution in [0.5, 0.6) is 11.5 Å². The number of ketones is 1. The average Bonchev–Trinajstić information content (AvgIpc) is 3.00. The van der Waals surface area contributed by atoms with Gasteiger partial charge in [0.25, 0.3) is 11.1 Å². The Balaban J connectivity index is 1.81. The van der Waals surface area contributed by atoms with E-state index in [0.29, 0.717) is 21.9 Å². The van der Waals surface area contributed by atoms with Gasteiger partial charge in [0.05, 0.1) is 23.6 Å². The molecule has 1 heterocycles. The number of halogens is 2. The van der Waals surface area contributed by atoms with Gasteiger partial charge < -0.3 is 9.47 Å². The van der Waals surface area contributed by atoms with Gasteiger partial charge in [0.15, 0.2) is 17.3 Å². The smallest absolute Gasteiger partial charge is 0.293 e. The molecule has 2 aromatic rings. The third-order valence-corrected chi connectivity index (χ3v) is 5.63. The van der Waals surface area contributed by atoms with Gasteiger partial charge in [-0.2, -0.15) is 0 Å². The molecule has 0 aliphatic carbocycles. The first-order chi connectivity index (χ1) is 14.8. The summed E-state index contributed by atoms with van der Waals surface area (Å²) in [5.74, 6) is 2.00. The second-order valence-corrected chi connectivity index (χ2v) is 8.06. The van der Waals surface area contributed by atoms with Crippen LogP contribution in [-0.2, 0) is 4.79 Å². The summed E-state index contributed by atoms with van der Waals surface area (Å²) in [6.45, 7) is -0.359. The number of hydrogen-bond acceptors (Lipinski definition) is 6. The van der Waals surface area contributed by atoms with Crippen LogP contribution in [0.2, 0.25) is 10.0 Å². The molecule has 158 valence electrons. The fourth-order valence-electron chi connectivity index (χ4n) is 2.74. The Kier molecular flexibility index (Phi) is 7.29. The number of carbonyl (C=O) groups excluding carboxylic acids is 3. The Morgan fingerprint density at radius 3 is 2.58 bits per heavy atom. The molecule has 0 radical (unpaired) electrons. The summed E-state index contributed by atoms with van der Waals surface area (Å²) in [5.41, 5.74) is 0.871. The molecule has 2 aromatic carbocycles. The summed E-state index contributed by atoms with van der Waals surface area (Å²) in [6.07, 6.45) is 6.70. The fraction of sp³-hybridized carbons (Fsp3) is 0.136. The molecular weight excluding hydrogens is 461 g/mol. The van der Waals surface area contributed by atoms with Crippen molar-refractivity contribution < 1.29 is 23.9 Å². The molecule has 1 aliphatic heterocycles. The van der Waals surface area contributed by atoms with Crippen LogP contribution in [0.4, 0.5) is 4.79 Å². The molecule has 6 nitrogen and oxygen atoms in total. The summed E-state index contributed by atoms with van der Waals surface area (Å²) in [4.78, 5) is 38.5. The van der Waals surface area contributed by atoms with Crippen LogP contribution in [0, 0.1) is 12.3 Å². The lowest BCUT2D eigenvalue weighted by molar-refractivity contribution is -0.122. The maximum absolute atomic E-state index is 12.7. The summed E-state index contributed by atoms with van der Waals surface area (Å²) in [6, 6.07) is 9.37. The summed E-state index contributed by atoms with van der Waals surface area (Å²) >= 11 is 12.8. The summed E-state index contributed by atoms with van der Waals surface area (Å²) in [5, 5.41) is 0.180. The van der Waals surface area contributed by atoms with Crippen molar-refractivity contribution in [1.29, 1.82) is 0 Å². The third kappa shape index (κ3) is 5.23. The zero-order valence-electron chi connectivity index (χ0n) is 16.2. The minimum absolute atomic E-state index is 0.00988. The summed E-state index contributed by atoms with van der Waals surface area (Å²) in [7, 11) is 1.44. The van der Waals surface area contributed by atoms with Crippen molar-refractivity contribution in [2.24, 2.45) is 0 Å². The van der Waals surface area contributed by atoms with E-state index in [9.17, 15) is 14.4 Å². The number of amides is 2. The van der Waals surface area contributed by atoms with Crippen LogP contribution in [0.3, 0.4) is 0 Å². The highest BCUT2D eigenvalue weighted by atomic mass is 35.5. The summed E-state index contributed by atoms with van der Waals surface area (Å²) < 4.78 is 10.7. The molecule has 0 spiro atoms. The van der Waals surface area contributed by atoms with Gasteiger partial charge in [-0.25, -0.2) is 0 Å². The first-order valence-electron chi connectivity index (χ1n) is 8.82. The highest BCUT2D eigenvalue weighted by Gasteiger charge is 2.36. The van der Waals surface area contributed by atoms with Crippen molar-refractivity contribution in [3.8, 4) is 23.8 Å². The SMILES string of the molecule is C#CCOc1c(Cl)cc(C=C2SC(=O)N(CC(=O)c3ccc(Cl)cc3)C2=O)cc1OC. The van der Waals surface area contributed by atoms with E-state index in [-0.39, 0.29) is 34.6 Å². The van der Waals surface area contributed by atoms with Crippen molar-refractivity contribution in [1.82, 2.24) is 4.90 Å². The number of hydrogen-bond donors (Lipinski definition) is 0. The number of imide groups is 1. The predicted molar refractivity (Wildman–Crippen MR) is 121 cm³/mol. The molecular formula is C22H15Cl2NO5S. The van der Waals surface area contributed by atoms with E-state index in [1.165, 1.54) is 25.3 Å². The number of nitrogens with zero attached hydrogens (tertiary/aromatic N) is 1. The molecule has 9 heteroatoms. The Bertz CT molecular complexity index is 1120. The van der Waals surface area contributed by atoms with Gasteiger partial charge in [0.2, 0.25) is 0 Å². The number of terminal acetylenes is 1. The molecule has 0 N–H and O–H groups in total. The minimum atomic E-state index is -0.569. The molecule has 0 unspecified atom stereocenters. The topological polar surface area (TPSA) is 72.9 Å². The molecule has 0 atom stereocenters. The van der Waals surface area contributed by atoms with Crippen molar-refractivity contribution in [3.05, 3.63) is 62.5 Å². The quantitative estimate of drug-likeness (QED) is 0.321. The monoisotopic (exact) mass is 475 g/mol. The van der Waals surface area contributed by atoms with Gasteiger partial charge in [-0.05, 0) is 59.8 Å². The molecule has 1 fully saturated rings. The number of thioether (sulfide) groups is 1.